The molecule has 133 heavy (non-hydrogen) atoms. The van der Waals surface area contributed by atoms with Crippen molar-refractivity contribution in [2.24, 2.45) is 23.1 Å². The normalized spacial score (nSPS) is 25.0. The number of aromatic nitrogens is 2. The van der Waals surface area contributed by atoms with Gasteiger partial charge >= 0.3 is 0 Å². The van der Waals surface area contributed by atoms with Gasteiger partial charge in [0, 0.05) is 113 Å². The number of phenolic OH excluding ortho intramolecular Hbond substituents is 1. The predicted octanol–water partition coefficient (Wildman–Crippen LogP) is -3.51. The van der Waals surface area contributed by atoms with Crippen LogP contribution >= 0.6 is 11.8 Å². The number of thioether (sulfide) groups is 1. The lowest BCUT2D eigenvalue weighted by molar-refractivity contribution is -0.149. The largest absolute Gasteiger partial charge is 0.508 e. The first-order valence-corrected chi connectivity index (χ1v) is 45.8. The van der Waals surface area contributed by atoms with Gasteiger partial charge in [0.15, 0.2) is 5.96 Å². The number of aromatic amines is 2. The Morgan fingerprint density at radius 1 is 0.534 bits per heavy atom. The molecule has 0 aliphatic carbocycles. The molecule has 24 N–H and O–H groups in total. The molecule has 3 aliphatic rings. The van der Waals surface area contributed by atoms with Crippen LogP contribution in [0.4, 0.5) is 0 Å². The van der Waals surface area contributed by atoms with Gasteiger partial charge in [-0.05, 0) is 105 Å². The molecule has 43 nitrogen and oxygen atoms in total. The molecule has 0 bridgehead atoms. The number of aliphatic hydroxyl groups excluding tert-OH is 3. The molecule has 3 aliphatic heterocycles. The maximum Gasteiger partial charge on any atom is 0.246 e. The van der Waals surface area contributed by atoms with Gasteiger partial charge in [0.05, 0.1) is 31.4 Å². The van der Waals surface area contributed by atoms with Crippen LogP contribution in [0.15, 0.2) is 85.2 Å². The van der Waals surface area contributed by atoms with Crippen LogP contribution in [0.25, 0.3) is 21.8 Å². The average molecular weight is 1870 g/mol. The average Bonchev–Trinajstić information content (AvgIpc) is 1.70. The summed E-state index contributed by atoms with van der Waals surface area (Å²) in [6, 6.07) is -2.49. The summed E-state index contributed by atoms with van der Waals surface area (Å²) in [5, 5.41) is 81.0. The Morgan fingerprint density at radius 2 is 1.05 bits per heavy atom. The molecule has 1 unspecified atom stereocenters. The number of carbonyl (C=O) groups excluding carboxylic acids is 17. The van der Waals surface area contributed by atoms with Crippen molar-refractivity contribution < 1.29 is 102 Å². The second-order valence-electron chi connectivity index (χ2n) is 34.2. The molecule has 3 fully saturated rings. The van der Waals surface area contributed by atoms with Crippen molar-refractivity contribution in [3.63, 3.8) is 0 Å². The minimum absolute atomic E-state index is 0.0150. The number of phenols is 1. The SMILES string of the molecule is CCCC[C@H]1C(=O)N(C)[C@@H](CCCC)C(=O)N[C@@H](CCCNC(=N)N)C(=O)NC(C(=O)NCC(N)=O)CSCC(=O)N[C@@H](Cc2ccc(O)cc2)C(=O)N(C)[C@@H](C)C(=O)N[C@@H](CC(N)=O)C(=O)N2CCC[C@H]2C(=O)N[C@@H](CCO)C(=O)N[C@@H](CC(C)C)C(=O)N2C[C@H](O)C[C@H]2C(=O)N[C@@H](Cc2c[nH]c3ccccc23)C(=O)N[C@@H](CO)C(=O)N[C@@H](Cc2c[nH]c3ccccc23)C(=O)N1C. The van der Waals surface area contributed by atoms with Gasteiger partial charge < -0.3 is 131 Å². The highest BCUT2D eigenvalue weighted by molar-refractivity contribution is 8.00. The van der Waals surface area contributed by atoms with E-state index in [9.17, 15) is 68.4 Å². The van der Waals surface area contributed by atoms with E-state index in [1.165, 1.54) is 52.3 Å². The van der Waals surface area contributed by atoms with Crippen LogP contribution in [0.1, 0.15) is 141 Å². The third kappa shape index (κ3) is 29.8. The minimum atomic E-state index is -1.90. The summed E-state index contributed by atoms with van der Waals surface area (Å²) in [6.07, 6.45) is 0.663. The van der Waals surface area contributed by atoms with E-state index in [0.29, 0.717) is 64.2 Å². The van der Waals surface area contributed by atoms with Crippen molar-refractivity contribution in [3.8, 4) is 5.75 Å². The summed E-state index contributed by atoms with van der Waals surface area (Å²) in [4.78, 5) is 261. The molecule has 2 aromatic heterocycles. The van der Waals surface area contributed by atoms with Crippen LogP contribution in [0.3, 0.4) is 0 Å². The molecule has 726 valence electrons. The fraction of sp³-hybridized carbons (Fsp3) is 0.551. The first-order chi connectivity index (χ1) is 63.3. The highest BCUT2D eigenvalue weighted by atomic mass is 32.2. The van der Waals surface area contributed by atoms with Gasteiger partial charge in [0.2, 0.25) is 100 Å². The van der Waals surface area contributed by atoms with Gasteiger partial charge in [-0.2, -0.15) is 0 Å². The van der Waals surface area contributed by atoms with Crippen LogP contribution in [0.2, 0.25) is 0 Å². The zero-order valence-electron chi connectivity index (χ0n) is 76.1. The minimum Gasteiger partial charge on any atom is -0.508 e. The number of nitrogens with zero attached hydrogens (tertiary/aromatic N) is 5. The van der Waals surface area contributed by atoms with Gasteiger partial charge in [0.25, 0.3) is 0 Å². The molecule has 44 heteroatoms. The monoisotopic (exact) mass is 1870 g/mol. The number of nitrogens with two attached hydrogens (primary N) is 3. The predicted molar refractivity (Wildman–Crippen MR) is 489 cm³/mol. The summed E-state index contributed by atoms with van der Waals surface area (Å²) in [5.74, 6) is -18.3. The number of H-pyrrole nitrogens is 2. The molecule has 0 spiro atoms. The van der Waals surface area contributed by atoms with E-state index in [1.54, 1.807) is 74.8 Å². The van der Waals surface area contributed by atoms with Crippen molar-refractivity contribution in [1.29, 1.82) is 5.41 Å². The van der Waals surface area contributed by atoms with Gasteiger partial charge in [-0.25, -0.2) is 0 Å². The number of likely N-dealkylation sites (N-methyl/N-ethyl adjacent to an activating group) is 3. The molecule has 5 heterocycles. The molecule has 3 aromatic carbocycles. The smallest absolute Gasteiger partial charge is 0.246 e. The Labute approximate surface area is 773 Å². The second-order valence-corrected chi connectivity index (χ2v) is 35.2. The van der Waals surface area contributed by atoms with Crippen molar-refractivity contribution in [1.82, 2.24) is 93.0 Å². The van der Waals surface area contributed by atoms with Crippen molar-refractivity contribution in [3.05, 3.63) is 102 Å². The quantitative estimate of drug-likeness (QED) is 0.0145. The Kier molecular flexibility index (Phi) is 40.1. The highest BCUT2D eigenvalue weighted by Gasteiger charge is 2.47. The molecule has 15 atom stereocenters. The number of amides is 17. The number of benzene rings is 3. The van der Waals surface area contributed by atoms with Crippen molar-refractivity contribution >= 4 is 140 Å². The van der Waals surface area contributed by atoms with Gasteiger partial charge in [-0.15, -0.1) is 11.8 Å². The van der Waals surface area contributed by atoms with Gasteiger partial charge in [-0.3, -0.25) is 86.9 Å². The third-order valence-corrected chi connectivity index (χ3v) is 24.8. The lowest BCUT2D eigenvalue weighted by atomic mass is 10.00. The summed E-state index contributed by atoms with van der Waals surface area (Å²) in [7, 11) is 3.88. The Morgan fingerprint density at radius 3 is 1.65 bits per heavy atom. The second kappa shape index (κ2) is 50.6. The van der Waals surface area contributed by atoms with Crippen LogP contribution in [-0.4, -0.2) is 324 Å². The van der Waals surface area contributed by atoms with Crippen LogP contribution in [-0.2, 0) is 101 Å². The van der Waals surface area contributed by atoms with E-state index < -0.39 is 254 Å². The molecule has 17 amide bonds. The topological polar surface area (TPSA) is 653 Å². The number of rotatable bonds is 26. The summed E-state index contributed by atoms with van der Waals surface area (Å²) in [6.45, 7) is 5.18. The number of carbonyl (C=O) groups is 17. The number of aromatic hydroxyl groups is 1. The van der Waals surface area contributed by atoms with Gasteiger partial charge in [-0.1, -0.05) is 102 Å². The standard InChI is InChI=1S/C89H128N22O21S/c1-9-11-24-68-81(125)99-59(23-17-32-94-89(92)93)77(121)106-67(76(120)97-43-73(91)117)46-133-47-74(118)98-63(36-50-27-29-53(114)30-28-50)84(128)107(6)49(5)75(119)102-65(40-72(90)116)86(130)110-33-18-26-69(110)82(126)100-60(31-34-112)78(122)103-62(35-48(3)4)87(131)111-44-54(115)39-71(111)83(127)101-61(37-51-41-95-57-21-15-13-19-55(51)57)79(123)105-66(45-113)80(124)104-64(38-52-42-96-58-22-16-14-20-56(52)58)85(129)109(8)70(25-12-10-2)88(132)108(68)7/h13-16,19-22,27-30,41-42,48-49,54,59-71,95-96,112-115H,9-12,17-18,23-26,31-40,43-47H2,1-8H3,(H2,90,116)(H2,91,117)(H,97,120)(H,98,118)(H,99,125)(H,100,126)(H,101,127)(H,102,119)(H,103,122)(H,104,124)(H,105,123)(H,106,121)(H4,92,93,94)/t49-,54+,59-,60-,61-,62-,63-,64-,65-,66-,67?,68-,69-,70-,71-/m0/s1. The molecular formula is C89H128N22O21S. The number of aliphatic hydroxyl groups is 3. The van der Waals surface area contributed by atoms with Crippen molar-refractivity contribution in [2.45, 2.75) is 234 Å². The lowest BCUT2D eigenvalue weighted by Crippen LogP contribution is -2.61. The molecule has 3 saturated heterocycles. The van der Waals surface area contributed by atoms with E-state index in [0.717, 1.165) is 36.3 Å². The fourth-order valence-electron chi connectivity index (χ4n) is 16.4. The van der Waals surface area contributed by atoms with E-state index in [1.807, 2.05) is 13.8 Å². The number of primary amides is 2. The number of unbranched alkanes of at least 4 members (excludes halogenated alkanes) is 2. The summed E-state index contributed by atoms with van der Waals surface area (Å²) in [5.41, 5.74) is 19.4. The van der Waals surface area contributed by atoms with Gasteiger partial charge in [0.1, 0.15) is 90.3 Å². The van der Waals surface area contributed by atoms with E-state index in [-0.39, 0.29) is 89.0 Å². The molecular weight excluding hydrogens is 1750 g/mol. The summed E-state index contributed by atoms with van der Waals surface area (Å²) < 4.78 is 0. The maximum absolute atomic E-state index is 15.7. The number of hydrogen-bond donors (Lipinski definition) is 21. The highest BCUT2D eigenvalue weighted by Crippen LogP contribution is 2.28. The number of guanidine groups is 1. The number of nitrogens with one attached hydrogen (secondary N) is 14. The van der Waals surface area contributed by atoms with E-state index >= 15 is 33.6 Å². The third-order valence-electron chi connectivity index (χ3n) is 23.8. The lowest BCUT2D eigenvalue weighted by Gasteiger charge is -2.36. The zero-order chi connectivity index (χ0) is 97.6. The molecule has 8 rings (SSSR count). The first kappa shape index (κ1) is 105. The maximum atomic E-state index is 15.7. The zero-order valence-corrected chi connectivity index (χ0v) is 76.9. The Bertz CT molecular complexity index is 4970. The molecule has 0 saturated carbocycles. The Hall–Kier alpha value is -13.0. The van der Waals surface area contributed by atoms with E-state index in [2.05, 4.69) is 68.5 Å². The van der Waals surface area contributed by atoms with Crippen LogP contribution in [0.5, 0.6) is 5.75 Å². The number of fused-ring (bicyclic) bond motifs is 4. The Balaban J connectivity index is 1.19. The summed E-state index contributed by atoms with van der Waals surface area (Å²) >= 11 is 0.755. The van der Waals surface area contributed by atoms with E-state index in [4.69, 9.17) is 22.6 Å². The molecule has 5 aromatic rings. The number of para-hydroxylation sites is 2. The molecule has 0 radical (unpaired) electrons. The number of hydrogen-bond acceptors (Lipinski definition) is 23. The fourth-order valence-corrected chi connectivity index (χ4v) is 17.2. The van der Waals surface area contributed by atoms with Crippen LogP contribution in [0, 0.1) is 11.3 Å². The first-order valence-electron chi connectivity index (χ1n) is 44.7. The van der Waals surface area contributed by atoms with Crippen LogP contribution < -0.4 is 75.7 Å². The van der Waals surface area contributed by atoms with Crippen molar-refractivity contribution in [2.75, 3.05) is 72.0 Å².